The van der Waals surface area contributed by atoms with Crippen LogP contribution in [0.25, 0.3) is 0 Å². The number of hydrogen-bond donors (Lipinski definition) is 1. The largest absolute Gasteiger partial charge is 0.327 e. The fourth-order valence-electron chi connectivity index (χ4n) is 2.09. The molecule has 6 heteroatoms. The molecule has 18 heavy (non-hydrogen) atoms. The van der Waals surface area contributed by atoms with Gasteiger partial charge < -0.3 is 5.73 Å². The Bertz CT molecular complexity index is 478. The smallest absolute Gasteiger partial charge is 0.243 e. The number of nitrogens with two attached hydrogens (primary N) is 1. The van der Waals surface area contributed by atoms with Crippen molar-refractivity contribution in [1.82, 2.24) is 4.31 Å². The van der Waals surface area contributed by atoms with E-state index in [0.29, 0.717) is 18.0 Å². The van der Waals surface area contributed by atoms with Crippen molar-refractivity contribution >= 4 is 22.4 Å². The molecule has 0 amide bonds. The Hall–Kier alpha value is -0.620. The minimum atomic E-state index is -3.34. The lowest BCUT2D eigenvalue weighted by molar-refractivity contribution is 0.250. The van der Waals surface area contributed by atoms with Crippen LogP contribution in [-0.4, -0.2) is 31.9 Å². The van der Waals surface area contributed by atoms with E-state index in [1.54, 1.807) is 24.3 Å². The minimum Gasteiger partial charge on any atom is -0.327 e. The van der Waals surface area contributed by atoms with Crippen LogP contribution in [0.15, 0.2) is 35.2 Å². The van der Waals surface area contributed by atoms with Crippen molar-refractivity contribution in [3.63, 3.8) is 0 Å². The SMILES string of the molecule is CC1CN(S(=O)(=O)c2ccccc2)CCC1N.Cl. The third-order valence-corrected chi connectivity index (χ3v) is 5.19. The first kappa shape index (κ1) is 15.4. The standard InChI is InChI=1S/C12H18N2O2S.ClH/c1-10-9-14(8-7-12(10)13)17(15,16)11-5-3-2-4-6-11;/h2-6,10,12H,7-9,13H2,1H3;1H. The van der Waals surface area contributed by atoms with Crippen LogP contribution in [0, 0.1) is 5.92 Å². The summed E-state index contributed by atoms with van der Waals surface area (Å²) >= 11 is 0. The van der Waals surface area contributed by atoms with Crippen molar-refractivity contribution in [3.05, 3.63) is 30.3 Å². The topological polar surface area (TPSA) is 63.4 Å². The first-order valence-corrected chi connectivity index (χ1v) is 7.26. The van der Waals surface area contributed by atoms with E-state index in [4.69, 9.17) is 5.73 Å². The highest BCUT2D eigenvalue weighted by atomic mass is 35.5. The van der Waals surface area contributed by atoms with E-state index in [2.05, 4.69) is 0 Å². The zero-order valence-electron chi connectivity index (χ0n) is 10.3. The van der Waals surface area contributed by atoms with Crippen LogP contribution in [0.2, 0.25) is 0 Å². The molecule has 0 saturated carbocycles. The van der Waals surface area contributed by atoms with Gasteiger partial charge in [0.05, 0.1) is 4.90 Å². The molecule has 1 aromatic rings. The molecule has 0 bridgehead atoms. The highest BCUT2D eigenvalue weighted by molar-refractivity contribution is 7.89. The van der Waals surface area contributed by atoms with Gasteiger partial charge in [0.25, 0.3) is 0 Å². The molecule has 2 atom stereocenters. The lowest BCUT2D eigenvalue weighted by atomic mass is 9.96. The van der Waals surface area contributed by atoms with Gasteiger partial charge in [0.2, 0.25) is 10.0 Å². The van der Waals surface area contributed by atoms with Crippen molar-refractivity contribution < 1.29 is 8.42 Å². The quantitative estimate of drug-likeness (QED) is 0.897. The summed E-state index contributed by atoms with van der Waals surface area (Å²) in [5.41, 5.74) is 5.90. The predicted molar refractivity (Wildman–Crippen MR) is 74.2 cm³/mol. The van der Waals surface area contributed by atoms with Crippen molar-refractivity contribution in [1.29, 1.82) is 0 Å². The van der Waals surface area contributed by atoms with Gasteiger partial charge in [-0.25, -0.2) is 8.42 Å². The van der Waals surface area contributed by atoms with E-state index in [-0.39, 0.29) is 24.4 Å². The summed E-state index contributed by atoms with van der Waals surface area (Å²) in [6.45, 7) is 3.03. The molecule has 1 aliphatic rings. The van der Waals surface area contributed by atoms with Gasteiger partial charge in [-0.05, 0) is 24.5 Å². The van der Waals surface area contributed by atoms with Crippen molar-refractivity contribution in [2.24, 2.45) is 11.7 Å². The molecule has 2 N–H and O–H groups in total. The van der Waals surface area contributed by atoms with Crippen LogP contribution < -0.4 is 5.73 Å². The van der Waals surface area contributed by atoms with Gasteiger partial charge in [-0.15, -0.1) is 12.4 Å². The lowest BCUT2D eigenvalue weighted by Gasteiger charge is -2.34. The normalized spacial score (nSPS) is 25.4. The average molecular weight is 291 g/mol. The molecule has 4 nitrogen and oxygen atoms in total. The molecule has 1 aliphatic heterocycles. The third kappa shape index (κ3) is 3.03. The van der Waals surface area contributed by atoms with Crippen molar-refractivity contribution in [2.75, 3.05) is 13.1 Å². The number of hydrogen-bond acceptors (Lipinski definition) is 3. The average Bonchev–Trinajstić information content (AvgIpc) is 2.33. The van der Waals surface area contributed by atoms with E-state index >= 15 is 0 Å². The summed E-state index contributed by atoms with van der Waals surface area (Å²) < 4.78 is 26.2. The van der Waals surface area contributed by atoms with Gasteiger partial charge >= 0.3 is 0 Å². The molecule has 0 radical (unpaired) electrons. The Morgan fingerprint density at radius 1 is 1.28 bits per heavy atom. The number of benzene rings is 1. The molecule has 2 unspecified atom stereocenters. The fraction of sp³-hybridized carbons (Fsp3) is 0.500. The molecule has 0 aliphatic carbocycles. The van der Waals surface area contributed by atoms with E-state index in [1.807, 2.05) is 13.0 Å². The summed E-state index contributed by atoms with van der Waals surface area (Å²) in [6.07, 6.45) is 0.729. The molecular formula is C12H19ClN2O2S. The van der Waals surface area contributed by atoms with Gasteiger partial charge in [-0.3, -0.25) is 0 Å². The maximum Gasteiger partial charge on any atom is 0.243 e. The first-order chi connectivity index (χ1) is 8.01. The van der Waals surface area contributed by atoms with E-state index in [0.717, 1.165) is 6.42 Å². The number of piperidine rings is 1. The first-order valence-electron chi connectivity index (χ1n) is 5.82. The summed E-state index contributed by atoms with van der Waals surface area (Å²) in [6, 6.07) is 8.67. The van der Waals surface area contributed by atoms with Crippen molar-refractivity contribution in [3.8, 4) is 0 Å². The molecule has 0 aromatic heterocycles. The summed E-state index contributed by atoms with van der Waals surface area (Å²) in [7, 11) is -3.34. The summed E-state index contributed by atoms with van der Waals surface area (Å²) in [5.74, 6) is 0.210. The molecule has 1 fully saturated rings. The molecule has 102 valence electrons. The lowest BCUT2D eigenvalue weighted by Crippen LogP contribution is -2.48. The van der Waals surface area contributed by atoms with E-state index < -0.39 is 10.0 Å². The summed E-state index contributed by atoms with van der Waals surface area (Å²) in [5, 5.41) is 0. The number of rotatable bonds is 2. The third-order valence-electron chi connectivity index (χ3n) is 3.32. The van der Waals surface area contributed by atoms with E-state index in [1.165, 1.54) is 4.31 Å². The maximum atomic E-state index is 12.3. The number of sulfonamides is 1. The highest BCUT2D eigenvalue weighted by Gasteiger charge is 2.31. The second-order valence-electron chi connectivity index (χ2n) is 4.61. The Morgan fingerprint density at radius 3 is 2.44 bits per heavy atom. The minimum absolute atomic E-state index is 0. The monoisotopic (exact) mass is 290 g/mol. The van der Waals surface area contributed by atoms with Crippen LogP contribution in [0.1, 0.15) is 13.3 Å². The predicted octanol–water partition coefficient (Wildman–Crippen LogP) is 1.47. The molecule has 0 spiro atoms. The Kier molecular flexibility index (Phi) is 5.16. The van der Waals surface area contributed by atoms with Crippen LogP contribution in [0.5, 0.6) is 0 Å². The van der Waals surface area contributed by atoms with Gasteiger partial charge in [-0.1, -0.05) is 25.1 Å². The number of nitrogens with zero attached hydrogens (tertiary/aromatic N) is 1. The second kappa shape index (κ2) is 6.02. The van der Waals surface area contributed by atoms with Gasteiger partial charge in [0.15, 0.2) is 0 Å². The maximum absolute atomic E-state index is 12.3. The zero-order valence-corrected chi connectivity index (χ0v) is 12.0. The molecule has 1 aromatic carbocycles. The Labute approximate surface area is 115 Å². The van der Waals surface area contributed by atoms with E-state index in [9.17, 15) is 8.42 Å². The zero-order chi connectivity index (χ0) is 12.5. The van der Waals surface area contributed by atoms with Crippen LogP contribution >= 0.6 is 12.4 Å². The Balaban J connectivity index is 0.00000162. The molecule has 1 saturated heterocycles. The fourth-order valence-corrected chi connectivity index (χ4v) is 3.66. The highest BCUT2D eigenvalue weighted by Crippen LogP contribution is 2.22. The number of halogens is 1. The molecular weight excluding hydrogens is 272 g/mol. The molecule has 1 heterocycles. The van der Waals surface area contributed by atoms with Gasteiger partial charge in [0, 0.05) is 19.1 Å². The Morgan fingerprint density at radius 2 is 1.89 bits per heavy atom. The van der Waals surface area contributed by atoms with Crippen LogP contribution in [-0.2, 0) is 10.0 Å². The van der Waals surface area contributed by atoms with Crippen molar-refractivity contribution in [2.45, 2.75) is 24.3 Å². The van der Waals surface area contributed by atoms with Crippen LogP contribution in [0.4, 0.5) is 0 Å². The second-order valence-corrected chi connectivity index (χ2v) is 6.54. The van der Waals surface area contributed by atoms with Crippen LogP contribution in [0.3, 0.4) is 0 Å². The van der Waals surface area contributed by atoms with Gasteiger partial charge in [-0.2, -0.15) is 4.31 Å². The molecule has 2 rings (SSSR count). The summed E-state index contributed by atoms with van der Waals surface area (Å²) in [4.78, 5) is 0.364. The van der Waals surface area contributed by atoms with Gasteiger partial charge in [0.1, 0.15) is 0 Å².